The minimum absolute atomic E-state index is 0.0229. The van der Waals surface area contributed by atoms with E-state index in [0.717, 1.165) is 0 Å². The maximum Gasteiger partial charge on any atom is 0.322 e. The number of hydrogen-bond acceptors (Lipinski definition) is 3. The van der Waals surface area contributed by atoms with Crippen molar-refractivity contribution in [1.82, 2.24) is 4.72 Å². The molecule has 0 saturated heterocycles. The molecule has 2 N–H and O–H groups in total. The number of hydrogen-bond donors (Lipinski definition) is 2. The molecule has 106 valence electrons. The fraction of sp³-hybridized carbons (Fsp3) is 0.364. The van der Waals surface area contributed by atoms with Crippen molar-refractivity contribution in [3.8, 4) is 0 Å². The maximum atomic E-state index is 12.1. The first-order valence-corrected chi connectivity index (χ1v) is 8.00. The normalized spacial score (nSPS) is 13.5. The fourth-order valence-electron chi connectivity index (χ4n) is 1.40. The standard InChI is InChI=1S/C11H13BrClNO4S/c1-6(2)10(11(15)16)14-19(17,18)9-4-3-7(12)5-8(9)13/h3-6,10,14H,1-2H3,(H,15,16)/t10-/m0/s1. The van der Waals surface area contributed by atoms with Gasteiger partial charge in [0.25, 0.3) is 0 Å². The Morgan fingerprint density at radius 3 is 2.42 bits per heavy atom. The molecule has 0 aliphatic carbocycles. The second kappa shape index (κ2) is 6.21. The Morgan fingerprint density at radius 2 is 2.00 bits per heavy atom. The topological polar surface area (TPSA) is 83.5 Å². The Morgan fingerprint density at radius 1 is 1.42 bits per heavy atom. The molecule has 1 aromatic rings. The van der Waals surface area contributed by atoms with E-state index in [9.17, 15) is 13.2 Å². The van der Waals surface area contributed by atoms with Gasteiger partial charge in [-0.25, -0.2) is 8.42 Å². The van der Waals surface area contributed by atoms with E-state index in [2.05, 4.69) is 20.7 Å². The van der Waals surface area contributed by atoms with E-state index in [1.165, 1.54) is 18.2 Å². The monoisotopic (exact) mass is 369 g/mol. The molecular weight excluding hydrogens is 358 g/mol. The Hall–Kier alpha value is -0.630. The summed E-state index contributed by atoms with van der Waals surface area (Å²) in [5.41, 5.74) is 0. The minimum atomic E-state index is -3.98. The van der Waals surface area contributed by atoms with Gasteiger partial charge in [0, 0.05) is 4.47 Å². The third-order valence-electron chi connectivity index (χ3n) is 2.40. The zero-order valence-corrected chi connectivity index (χ0v) is 13.4. The molecule has 0 amide bonds. The molecule has 19 heavy (non-hydrogen) atoms. The number of aliphatic carboxylic acids is 1. The van der Waals surface area contributed by atoms with Gasteiger partial charge in [-0.2, -0.15) is 4.72 Å². The van der Waals surface area contributed by atoms with Crippen molar-refractivity contribution in [2.24, 2.45) is 5.92 Å². The summed E-state index contributed by atoms with van der Waals surface area (Å²) in [4.78, 5) is 10.9. The SMILES string of the molecule is CC(C)[C@H](NS(=O)(=O)c1ccc(Br)cc1Cl)C(=O)O. The zero-order valence-electron chi connectivity index (χ0n) is 10.2. The highest BCUT2D eigenvalue weighted by Gasteiger charge is 2.29. The van der Waals surface area contributed by atoms with Crippen LogP contribution in [-0.4, -0.2) is 25.5 Å². The highest BCUT2D eigenvalue weighted by molar-refractivity contribution is 9.10. The second-order valence-electron chi connectivity index (χ2n) is 4.26. The van der Waals surface area contributed by atoms with Crippen molar-refractivity contribution in [1.29, 1.82) is 0 Å². The zero-order chi connectivity index (χ0) is 14.8. The molecule has 0 saturated carbocycles. The molecule has 0 bridgehead atoms. The molecule has 0 aliphatic rings. The molecule has 1 atom stereocenters. The van der Waals surface area contributed by atoms with Gasteiger partial charge in [-0.05, 0) is 24.1 Å². The van der Waals surface area contributed by atoms with Crippen molar-refractivity contribution < 1.29 is 18.3 Å². The number of benzene rings is 1. The molecule has 1 aromatic carbocycles. The summed E-state index contributed by atoms with van der Waals surface area (Å²) < 4.78 is 27.0. The molecule has 0 fully saturated rings. The molecule has 0 radical (unpaired) electrons. The van der Waals surface area contributed by atoms with E-state index in [1.54, 1.807) is 13.8 Å². The van der Waals surface area contributed by atoms with E-state index < -0.39 is 22.0 Å². The smallest absolute Gasteiger partial charge is 0.322 e. The van der Waals surface area contributed by atoms with Gasteiger partial charge in [-0.3, -0.25) is 4.79 Å². The summed E-state index contributed by atoms with van der Waals surface area (Å²) in [7, 11) is -3.98. The van der Waals surface area contributed by atoms with E-state index in [-0.39, 0.29) is 15.8 Å². The average molecular weight is 371 g/mol. The first kappa shape index (κ1) is 16.4. The van der Waals surface area contributed by atoms with Crippen LogP contribution in [0.3, 0.4) is 0 Å². The van der Waals surface area contributed by atoms with Gasteiger partial charge in [0.15, 0.2) is 0 Å². The summed E-state index contributed by atoms with van der Waals surface area (Å²) in [6.45, 7) is 3.23. The predicted octanol–water partition coefficient (Wildman–Crippen LogP) is 2.49. The number of carboxylic acids is 1. The lowest BCUT2D eigenvalue weighted by atomic mass is 10.1. The van der Waals surface area contributed by atoms with Crippen molar-refractivity contribution in [2.75, 3.05) is 0 Å². The average Bonchev–Trinajstić information content (AvgIpc) is 2.24. The number of rotatable bonds is 5. The van der Waals surface area contributed by atoms with Crippen LogP contribution in [0.15, 0.2) is 27.6 Å². The quantitative estimate of drug-likeness (QED) is 0.834. The van der Waals surface area contributed by atoms with Crippen LogP contribution in [0.5, 0.6) is 0 Å². The summed E-state index contributed by atoms with van der Waals surface area (Å²) in [6, 6.07) is 3.06. The third-order valence-corrected chi connectivity index (χ3v) is 4.82. The fourth-order valence-corrected chi connectivity index (χ4v) is 3.77. The van der Waals surface area contributed by atoms with Crippen LogP contribution in [0, 0.1) is 5.92 Å². The van der Waals surface area contributed by atoms with Crippen molar-refractivity contribution in [2.45, 2.75) is 24.8 Å². The number of sulfonamides is 1. The van der Waals surface area contributed by atoms with Crippen molar-refractivity contribution in [3.63, 3.8) is 0 Å². The van der Waals surface area contributed by atoms with E-state index in [0.29, 0.717) is 4.47 Å². The predicted molar refractivity (Wildman–Crippen MR) is 75.7 cm³/mol. The Labute approximate surface area is 125 Å². The van der Waals surface area contributed by atoms with Crippen LogP contribution in [0.4, 0.5) is 0 Å². The van der Waals surface area contributed by atoms with Gasteiger partial charge < -0.3 is 5.11 Å². The van der Waals surface area contributed by atoms with Crippen LogP contribution >= 0.6 is 27.5 Å². The Balaban J connectivity index is 3.14. The first-order valence-electron chi connectivity index (χ1n) is 5.35. The lowest BCUT2D eigenvalue weighted by Gasteiger charge is -2.18. The molecular formula is C11H13BrClNO4S. The molecule has 0 aliphatic heterocycles. The molecule has 1 rings (SSSR count). The Bertz CT molecular complexity index is 588. The molecule has 0 aromatic heterocycles. The maximum absolute atomic E-state index is 12.1. The lowest BCUT2D eigenvalue weighted by molar-refractivity contribution is -0.140. The molecule has 0 heterocycles. The summed E-state index contributed by atoms with van der Waals surface area (Å²) in [5, 5.41) is 9.02. The van der Waals surface area contributed by atoms with Gasteiger partial charge in [0.2, 0.25) is 10.0 Å². The van der Waals surface area contributed by atoms with Crippen LogP contribution in [-0.2, 0) is 14.8 Å². The van der Waals surface area contributed by atoms with Crippen molar-refractivity contribution in [3.05, 3.63) is 27.7 Å². The third kappa shape index (κ3) is 4.17. The highest BCUT2D eigenvalue weighted by Crippen LogP contribution is 2.25. The minimum Gasteiger partial charge on any atom is -0.480 e. The molecule has 0 spiro atoms. The summed E-state index contributed by atoms with van der Waals surface area (Å²) in [6.07, 6.45) is 0. The first-order chi connectivity index (χ1) is 8.65. The van der Waals surface area contributed by atoms with Crippen LogP contribution in [0.2, 0.25) is 5.02 Å². The number of halogens is 2. The molecule has 0 unspecified atom stereocenters. The molecule has 8 heteroatoms. The largest absolute Gasteiger partial charge is 0.480 e. The van der Waals surface area contributed by atoms with Crippen LogP contribution in [0.1, 0.15) is 13.8 Å². The van der Waals surface area contributed by atoms with Gasteiger partial charge in [-0.1, -0.05) is 41.4 Å². The summed E-state index contributed by atoms with van der Waals surface area (Å²) in [5.74, 6) is -1.62. The van der Waals surface area contributed by atoms with E-state index >= 15 is 0 Å². The number of nitrogens with one attached hydrogen (secondary N) is 1. The van der Waals surface area contributed by atoms with Gasteiger partial charge in [-0.15, -0.1) is 0 Å². The van der Waals surface area contributed by atoms with E-state index in [1.807, 2.05) is 0 Å². The van der Waals surface area contributed by atoms with Crippen molar-refractivity contribution >= 4 is 43.5 Å². The second-order valence-corrected chi connectivity index (χ2v) is 7.26. The Kier molecular flexibility index (Phi) is 5.37. The molecule has 5 nitrogen and oxygen atoms in total. The van der Waals surface area contributed by atoms with Crippen LogP contribution in [0.25, 0.3) is 0 Å². The van der Waals surface area contributed by atoms with Gasteiger partial charge >= 0.3 is 5.97 Å². The van der Waals surface area contributed by atoms with E-state index in [4.69, 9.17) is 16.7 Å². The lowest BCUT2D eigenvalue weighted by Crippen LogP contribution is -2.44. The summed E-state index contributed by atoms with van der Waals surface area (Å²) >= 11 is 9.03. The number of carboxylic acid groups (broad SMARTS) is 1. The van der Waals surface area contributed by atoms with Crippen LogP contribution < -0.4 is 4.72 Å². The highest BCUT2D eigenvalue weighted by atomic mass is 79.9. The van der Waals surface area contributed by atoms with Gasteiger partial charge in [0.1, 0.15) is 10.9 Å². The number of carbonyl (C=O) groups is 1. The van der Waals surface area contributed by atoms with Gasteiger partial charge in [0.05, 0.1) is 5.02 Å².